The summed E-state index contributed by atoms with van der Waals surface area (Å²) in [6.07, 6.45) is 0.879. The van der Waals surface area contributed by atoms with Crippen LogP contribution in [0.15, 0.2) is 18.2 Å². The number of nitrogens with zero attached hydrogens (tertiary/aromatic N) is 2. The summed E-state index contributed by atoms with van der Waals surface area (Å²) in [5.41, 5.74) is 5.54. The minimum absolute atomic E-state index is 0.138. The molecule has 0 aliphatic carbocycles. The number of hydrogen-bond donors (Lipinski definition) is 1. The van der Waals surface area contributed by atoms with E-state index < -0.39 is 16.4 Å². The maximum atomic E-state index is 13.6. The van der Waals surface area contributed by atoms with E-state index in [0.717, 1.165) is 12.5 Å². The molecule has 2 unspecified atom stereocenters. The first-order valence-electron chi connectivity index (χ1n) is 5.94. The van der Waals surface area contributed by atoms with Gasteiger partial charge in [0.1, 0.15) is 5.69 Å². The Morgan fingerprint density at radius 1 is 1.61 bits per heavy atom. The summed E-state index contributed by atoms with van der Waals surface area (Å²) in [6.45, 7) is 3.16. The molecule has 98 valence electrons. The summed E-state index contributed by atoms with van der Waals surface area (Å²) < 4.78 is 13.6. The molecule has 1 aromatic rings. The second-order valence-electron chi connectivity index (χ2n) is 4.70. The summed E-state index contributed by atoms with van der Waals surface area (Å²) >= 11 is 0. The van der Waals surface area contributed by atoms with E-state index in [1.54, 1.807) is 6.07 Å². The summed E-state index contributed by atoms with van der Waals surface area (Å²) in [7, 11) is 0. The first-order chi connectivity index (χ1) is 8.54. The van der Waals surface area contributed by atoms with Gasteiger partial charge >= 0.3 is 5.69 Å². The van der Waals surface area contributed by atoms with Crippen LogP contribution in [0.25, 0.3) is 0 Å². The van der Waals surface area contributed by atoms with Gasteiger partial charge in [0, 0.05) is 12.6 Å². The lowest BCUT2D eigenvalue weighted by molar-refractivity contribution is -0.386. The van der Waals surface area contributed by atoms with Gasteiger partial charge in [0.25, 0.3) is 0 Å². The number of nitro benzene ring substituents is 1. The second-order valence-corrected chi connectivity index (χ2v) is 4.70. The lowest BCUT2D eigenvalue weighted by Crippen LogP contribution is -2.28. The summed E-state index contributed by atoms with van der Waals surface area (Å²) in [5, 5.41) is 11.0. The van der Waals surface area contributed by atoms with Gasteiger partial charge in [0.05, 0.1) is 4.92 Å². The molecular weight excluding hydrogens is 237 g/mol. The Morgan fingerprint density at radius 3 is 2.89 bits per heavy atom. The Labute approximate surface area is 105 Å². The molecule has 2 N–H and O–H groups in total. The second kappa shape index (κ2) is 4.89. The zero-order valence-corrected chi connectivity index (χ0v) is 10.2. The van der Waals surface area contributed by atoms with E-state index in [2.05, 4.69) is 0 Å². The zero-order valence-electron chi connectivity index (χ0n) is 10.2. The molecule has 5 nitrogen and oxygen atoms in total. The Hall–Kier alpha value is -1.69. The Balaban J connectivity index is 2.39. The minimum Gasteiger partial charge on any atom is -0.363 e. The lowest BCUT2D eigenvalue weighted by Gasteiger charge is -2.23. The van der Waals surface area contributed by atoms with Gasteiger partial charge in [-0.05, 0) is 37.9 Å². The fraction of sp³-hybridized carbons (Fsp3) is 0.500. The topological polar surface area (TPSA) is 72.4 Å². The summed E-state index contributed by atoms with van der Waals surface area (Å²) in [6, 6.07) is 4.35. The Morgan fingerprint density at radius 2 is 2.33 bits per heavy atom. The average Bonchev–Trinajstić information content (AvgIpc) is 2.69. The van der Waals surface area contributed by atoms with Gasteiger partial charge in [-0.25, -0.2) is 0 Å². The van der Waals surface area contributed by atoms with Crippen molar-refractivity contribution in [3.63, 3.8) is 0 Å². The number of rotatable bonds is 3. The van der Waals surface area contributed by atoms with E-state index in [0.29, 0.717) is 24.7 Å². The predicted molar refractivity (Wildman–Crippen MR) is 67.0 cm³/mol. The highest BCUT2D eigenvalue weighted by atomic mass is 19.1. The van der Waals surface area contributed by atoms with Gasteiger partial charge in [-0.3, -0.25) is 10.1 Å². The van der Waals surface area contributed by atoms with Crippen LogP contribution in [0.3, 0.4) is 0 Å². The maximum Gasteiger partial charge on any atom is 0.327 e. The van der Waals surface area contributed by atoms with Crippen LogP contribution in [0.1, 0.15) is 13.3 Å². The number of nitrogens with two attached hydrogens (primary N) is 1. The molecule has 1 heterocycles. The highest BCUT2D eigenvalue weighted by Crippen LogP contribution is 2.36. The van der Waals surface area contributed by atoms with Gasteiger partial charge < -0.3 is 10.6 Å². The monoisotopic (exact) mass is 253 g/mol. The number of benzene rings is 1. The smallest absolute Gasteiger partial charge is 0.327 e. The highest BCUT2D eigenvalue weighted by Gasteiger charge is 2.33. The van der Waals surface area contributed by atoms with Crippen LogP contribution >= 0.6 is 0 Å². The fourth-order valence-electron chi connectivity index (χ4n) is 2.57. The van der Waals surface area contributed by atoms with Crippen molar-refractivity contribution in [2.24, 2.45) is 11.7 Å². The lowest BCUT2D eigenvalue weighted by atomic mass is 10.1. The van der Waals surface area contributed by atoms with Crippen LogP contribution < -0.4 is 10.6 Å². The molecule has 6 heteroatoms. The van der Waals surface area contributed by atoms with Gasteiger partial charge in [0.15, 0.2) is 0 Å². The van der Waals surface area contributed by atoms with Crippen molar-refractivity contribution < 1.29 is 9.31 Å². The zero-order chi connectivity index (χ0) is 13.3. The third-order valence-corrected chi connectivity index (χ3v) is 3.45. The number of halogens is 1. The maximum absolute atomic E-state index is 13.6. The molecule has 0 saturated carbocycles. The number of nitro groups is 1. The van der Waals surface area contributed by atoms with E-state index in [9.17, 15) is 14.5 Å². The van der Waals surface area contributed by atoms with Crippen LogP contribution in [-0.2, 0) is 0 Å². The Kier molecular flexibility index (Phi) is 3.47. The Bertz CT molecular complexity index is 467. The standard InChI is InChI=1S/C12H16FN3O2/c1-8-5-9(6-14)7-15(8)11-4-2-3-10(13)12(11)16(17)18/h2-4,8-9H,5-7,14H2,1H3. The molecule has 1 aromatic carbocycles. The molecule has 2 rings (SSSR count). The van der Waals surface area contributed by atoms with Gasteiger partial charge in [-0.15, -0.1) is 0 Å². The predicted octanol–water partition coefficient (Wildman–Crippen LogP) is 1.91. The van der Waals surface area contributed by atoms with Gasteiger partial charge in [-0.2, -0.15) is 4.39 Å². The van der Waals surface area contributed by atoms with Crippen molar-refractivity contribution in [1.82, 2.24) is 0 Å². The molecule has 1 saturated heterocycles. The molecule has 0 bridgehead atoms. The van der Waals surface area contributed by atoms with Crippen molar-refractivity contribution >= 4 is 11.4 Å². The first kappa shape index (κ1) is 12.8. The third-order valence-electron chi connectivity index (χ3n) is 3.45. The van der Waals surface area contributed by atoms with Crippen molar-refractivity contribution in [3.8, 4) is 0 Å². The average molecular weight is 253 g/mol. The van der Waals surface area contributed by atoms with E-state index in [4.69, 9.17) is 5.73 Å². The van der Waals surface area contributed by atoms with E-state index in [1.807, 2.05) is 11.8 Å². The van der Waals surface area contributed by atoms with Crippen molar-refractivity contribution in [1.29, 1.82) is 0 Å². The van der Waals surface area contributed by atoms with Gasteiger partial charge in [0.2, 0.25) is 5.82 Å². The van der Waals surface area contributed by atoms with Crippen LogP contribution in [0, 0.1) is 21.8 Å². The van der Waals surface area contributed by atoms with E-state index in [-0.39, 0.29) is 6.04 Å². The normalized spacial score (nSPS) is 23.4. The number of anilines is 1. The van der Waals surface area contributed by atoms with Crippen molar-refractivity contribution in [2.45, 2.75) is 19.4 Å². The molecular formula is C12H16FN3O2. The fourth-order valence-corrected chi connectivity index (χ4v) is 2.57. The molecule has 0 amide bonds. The number of para-hydroxylation sites is 1. The van der Waals surface area contributed by atoms with Crippen LogP contribution in [-0.4, -0.2) is 24.1 Å². The van der Waals surface area contributed by atoms with Crippen LogP contribution in [0.4, 0.5) is 15.8 Å². The largest absolute Gasteiger partial charge is 0.363 e. The highest BCUT2D eigenvalue weighted by molar-refractivity contribution is 5.64. The van der Waals surface area contributed by atoms with Crippen molar-refractivity contribution in [2.75, 3.05) is 18.0 Å². The molecule has 0 spiro atoms. The minimum atomic E-state index is -0.791. The summed E-state index contributed by atoms with van der Waals surface area (Å²) in [4.78, 5) is 12.2. The molecule has 18 heavy (non-hydrogen) atoms. The quantitative estimate of drug-likeness (QED) is 0.659. The molecule has 2 atom stereocenters. The van der Waals surface area contributed by atoms with Crippen LogP contribution in [0.5, 0.6) is 0 Å². The SMILES string of the molecule is CC1CC(CN)CN1c1cccc(F)c1[N+](=O)[O-]. The summed E-state index contributed by atoms with van der Waals surface area (Å²) in [5.74, 6) is -0.483. The van der Waals surface area contributed by atoms with Crippen molar-refractivity contribution in [3.05, 3.63) is 34.1 Å². The molecule has 1 aliphatic rings. The van der Waals surface area contributed by atoms with Gasteiger partial charge in [-0.1, -0.05) is 6.07 Å². The number of hydrogen-bond acceptors (Lipinski definition) is 4. The third kappa shape index (κ3) is 2.15. The van der Waals surface area contributed by atoms with E-state index >= 15 is 0 Å². The molecule has 1 aliphatic heterocycles. The molecule has 0 radical (unpaired) electrons. The van der Waals surface area contributed by atoms with E-state index in [1.165, 1.54) is 6.07 Å². The molecule has 1 fully saturated rings. The van der Waals surface area contributed by atoms with Crippen LogP contribution in [0.2, 0.25) is 0 Å². The first-order valence-corrected chi connectivity index (χ1v) is 5.94. The molecule has 0 aromatic heterocycles.